The van der Waals surface area contributed by atoms with Crippen molar-refractivity contribution in [2.24, 2.45) is 0 Å². The van der Waals surface area contributed by atoms with Crippen molar-refractivity contribution in [1.29, 1.82) is 0 Å². The molecule has 1 heterocycles. The summed E-state index contributed by atoms with van der Waals surface area (Å²) >= 11 is 5.61. The van der Waals surface area contributed by atoms with Gasteiger partial charge in [0.25, 0.3) is 5.82 Å². The molecule has 100 valence electrons. The van der Waals surface area contributed by atoms with Gasteiger partial charge in [0.1, 0.15) is 11.6 Å². The third-order valence-electron chi connectivity index (χ3n) is 2.49. The Bertz CT molecular complexity index is 627. The van der Waals surface area contributed by atoms with E-state index < -0.39 is 11.8 Å². The largest absolute Gasteiger partial charge is 0.475 e. The van der Waals surface area contributed by atoms with Gasteiger partial charge < -0.3 is 5.11 Å². The monoisotopic (exact) mass is 283 g/mol. The maximum Gasteiger partial charge on any atom is 0.375 e. The Morgan fingerprint density at radius 1 is 1.53 bits per heavy atom. The second kappa shape index (κ2) is 5.36. The highest BCUT2D eigenvalue weighted by molar-refractivity contribution is 6.30. The van der Waals surface area contributed by atoms with E-state index in [1.54, 1.807) is 6.07 Å². The van der Waals surface area contributed by atoms with Gasteiger partial charge in [-0.15, -0.1) is 5.10 Å². The molecule has 2 aromatic rings. The first-order valence-electron chi connectivity index (χ1n) is 5.67. The Hall–Kier alpha value is -1.95. The molecule has 0 atom stereocenters. The van der Waals surface area contributed by atoms with Crippen LogP contribution in [0.2, 0.25) is 5.02 Å². The van der Waals surface area contributed by atoms with Crippen molar-refractivity contribution < 1.29 is 14.3 Å². The van der Waals surface area contributed by atoms with Crippen molar-refractivity contribution in [2.75, 3.05) is 0 Å². The van der Waals surface area contributed by atoms with Gasteiger partial charge in [-0.05, 0) is 18.6 Å². The lowest BCUT2D eigenvalue weighted by molar-refractivity contribution is 0.0683. The first-order chi connectivity index (χ1) is 9.02. The van der Waals surface area contributed by atoms with Crippen molar-refractivity contribution in [3.05, 3.63) is 40.7 Å². The van der Waals surface area contributed by atoms with Crippen molar-refractivity contribution in [3.8, 4) is 5.69 Å². The Kier molecular flexibility index (Phi) is 3.80. The molecule has 5 nitrogen and oxygen atoms in total. The highest BCUT2D eigenvalue weighted by Gasteiger charge is 2.16. The lowest BCUT2D eigenvalue weighted by Crippen LogP contribution is -2.04. The van der Waals surface area contributed by atoms with Crippen LogP contribution in [0.25, 0.3) is 5.69 Å². The third kappa shape index (κ3) is 2.73. The molecule has 2 rings (SSSR count). The number of aromatic nitrogens is 3. The average molecular weight is 284 g/mol. The van der Waals surface area contributed by atoms with E-state index in [4.69, 9.17) is 16.7 Å². The fourth-order valence-corrected chi connectivity index (χ4v) is 1.76. The maximum atomic E-state index is 13.4. The number of rotatable bonds is 4. The number of nitrogens with zero attached hydrogens (tertiary/aromatic N) is 3. The zero-order valence-electron chi connectivity index (χ0n) is 10.1. The van der Waals surface area contributed by atoms with Crippen molar-refractivity contribution in [3.63, 3.8) is 0 Å². The van der Waals surface area contributed by atoms with E-state index in [2.05, 4.69) is 10.1 Å². The van der Waals surface area contributed by atoms with E-state index in [1.165, 1.54) is 16.8 Å². The van der Waals surface area contributed by atoms with Crippen LogP contribution in [0.5, 0.6) is 0 Å². The fourth-order valence-electron chi connectivity index (χ4n) is 1.64. The molecule has 0 saturated heterocycles. The molecule has 0 amide bonds. The van der Waals surface area contributed by atoms with Crippen LogP contribution in [0.15, 0.2) is 18.2 Å². The molecule has 1 aromatic carbocycles. The Labute approximate surface area is 113 Å². The summed E-state index contributed by atoms with van der Waals surface area (Å²) in [4.78, 5) is 14.8. The number of carbonyl (C=O) groups is 1. The van der Waals surface area contributed by atoms with E-state index in [0.29, 0.717) is 17.9 Å². The molecule has 0 spiro atoms. The van der Waals surface area contributed by atoms with Crippen LogP contribution in [-0.2, 0) is 6.42 Å². The smallest absolute Gasteiger partial charge is 0.375 e. The summed E-state index contributed by atoms with van der Waals surface area (Å²) in [5, 5.41) is 12.8. The van der Waals surface area contributed by atoms with E-state index in [1.807, 2.05) is 6.92 Å². The molecule has 0 radical (unpaired) electrons. The topological polar surface area (TPSA) is 68.0 Å². The zero-order chi connectivity index (χ0) is 14.0. The molecule has 1 aromatic heterocycles. The average Bonchev–Trinajstić information content (AvgIpc) is 2.77. The molecule has 0 aliphatic heterocycles. The number of hydrogen-bond acceptors (Lipinski definition) is 3. The van der Waals surface area contributed by atoms with E-state index in [-0.39, 0.29) is 10.8 Å². The summed E-state index contributed by atoms with van der Waals surface area (Å²) in [7, 11) is 0. The van der Waals surface area contributed by atoms with Gasteiger partial charge in [-0.2, -0.15) is 0 Å². The van der Waals surface area contributed by atoms with Crippen LogP contribution in [0.4, 0.5) is 4.39 Å². The maximum absolute atomic E-state index is 13.4. The van der Waals surface area contributed by atoms with Crippen molar-refractivity contribution in [2.45, 2.75) is 19.8 Å². The van der Waals surface area contributed by atoms with Gasteiger partial charge in [0.15, 0.2) is 0 Å². The summed E-state index contributed by atoms with van der Waals surface area (Å²) in [6.45, 7) is 1.93. The molecule has 0 fully saturated rings. The molecule has 7 heteroatoms. The number of aryl methyl sites for hydroxylation is 1. The van der Waals surface area contributed by atoms with E-state index in [9.17, 15) is 9.18 Å². The molecule has 0 unspecified atom stereocenters. The van der Waals surface area contributed by atoms with E-state index in [0.717, 1.165) is 6.42 Å². The third-order valence-corrected chi connectivity index (χ3v) is 2.79. The number of carboxylic acid groups (broad SMARTS) is 1. The van der Waals surface area contributed by atoms with Gasteiger partial charge in [-0.3, -0.25) is 0 Å². The minimum Gasteiger partial charge on any atom is -0.475 e. The number of aromatic carboxylic acids is 1. The number of carboxylic acids is 1. The van der Waals surface area contributed by atoms with Crippen LogP contribution >= 0.6 is 11.6 Å². The Balaban J connectivity index is 2.52. The molecule has 0 saturated carbocycles. The summed E-state index contributed by atoms with van der Waals surface area (Å²) in [5.41, 5.74) is 0.394. The lowest BCUT2D eigenvalue weighted by Gasteiger charge is -2.05. The molecule has 19 heavy (non-hydrogen) atoms. The van der Waals surface area contributed by atoms with Gasteiger partial charge in [-0.25, -0.2) is 18.9 Å². The molecule has 1 N–H and O–H groups in total. The lowest BCUT2D eigenvalue weighted by atomic mass is 10.3. The standard InChI is InChI=1S/C12H11ClFN3O2/c1-2-3-10-15-11(12(18)19)16-17(10)7-4-5-8(13)9(14)6-7/h4-6H,2-3H2,1H3,(H,18,19). The predicted molar refractivity (Wildman–Crippen MR) is 67.3 cm³/mol. The predicted octanol–water partition coefficient (Wildman–Crippen LogP) is 2.71. The normalized spacial score (nSPS) is 10.7. The van der Waals surface area contributed by atoms with Gasteiger partial charge in [-0.1, -0.05) is 18.5 Å². The molecular formula is C12H11ClFN3O2. The summed E-state index contributed by atoms with van der Waals surface area (Å²) < 4.78 is 14.8. The SMILES string of the molecule is CCCc1nc(C(=O)O)nn1-c1ccc(Cl)c(F)c1. The van der Waals surface area contributed by atoms with Gasteiger partial charge in [0.05, 0.1) is 10.7 Å². The van der Waals surface area contributed by atoms with Gasteiger partial charge in [0, 0.05) is 12.5 Å². The Morgan fingerprint density at radius 3 is 2.84 bits per heavy atom. The van der Waals surface area contributed by atoms with Crippen molar-refractivity contribution in [1.82, 2.24) is 14.8 Å². The van der Waals surface area contributed by atoms with Crippen LogP contribution in [0.3, 0.4) is 0 Å². The Morgan fingerprint density at radius 2 is 2.26 bits per heavy atom. The molecular weight excluding hydrogens is 273 g/mol. The number of halogens is 2. The van der Waals surface area contributed by atoms with E-state index >= 15 is 0 Å². The van der Waals surface area contributed by atoms with Gasteiger partial charge in [0.2, 0.25) is 0 Å². The second-order valence-electron chi connectivity index (χ2n) is 3.92. The zero-order valence-corrected chi connectivity index (χ0v) is 10.9. The first kappa shape index (κ1) is 13.5. The number of hydrogen-bond donors (Lipinski definition) is 1. The summed E-state index contributed by atoms with van der Waals surface area (Å²) in [6, 6.07) is 4.15. The highest BCUT2D eigenvalue weighted by atomic mass is 35.5. The minimum absolute atomic E-state index is 0.000588. The van der Waals surface area contributed by atoms with Crippen molar-refractivity contribution >= 4 is 17.6 Å². The molecule has 0 aliphatic carbocycles. The van der Waals surface area contributed by atoms with Gasteiger partial charge >= 0.3 is 5.97 Å². The second-order valence-corrected chi connectivity index (χ2v) is 4.32. The highest BCUT2D eigenvalue weighted by Crippen LogP contribution is 2.19. The fraction of sp³-hybridized carbons (Fsp3) is 0.250. The first-order valence-corrected chi connectivity index (χ1v) is 6.05. The summed E-state index contributed by atoms with van der Waals surface area (Å²) in [5.74, 6) is -1.64. The van der Waals surface area contributed by atoms with Crippen LogP contribution in [0.1, 0.15) is 29.8 Å². The van der Waals surface area contributed by atoms with Crippen LogP contribution in [0, 0.1) is 5.82 Å². The summed E-state index contributed by atoms with van der Waals surface area (Å²) in [6.07, 6.45) is 1.32. The number of benzene rings is 1. The molecule has 0 aliphatic rings. The van der Waals surface area contributed by atoms with Crippen LogP contribution in [-0.4, -0.2) is 25.8 Å². The quantitative estimate of drug-likeness (QED) is 0.937. The van der Waals surface area contributed by atoms with Crippen LogP contribution < -0.4 is 0 Å². The minimum atomic E-state index is -1.22. The molecule has 0 bridgehead atoms.